The fourth-order valence-electron chi connectivity index (χ4n) is 2.75. The SMILES string of the molecule is CCC(C(=O)O)N(C)C(=O)N1CCN2C(=O)NCC2C1. The number of carboxylic acids is 1. The van der Waals surface area contributed by atoms with E-state index in [-0.39, 0.29) is 18.1 Å². The third-order valence-electron chi connectivity index (χ3n) is 3.94. The van der Waals surface area contributed by atoms with Gasteiger partial charge in [-0.05, 0) is 6.42 Å². The molecule has 0 aromatic carbocycles. The van der Waals surface area contributed by atoms with Crippen LogP contribution in [0.3, 0.4) is 0 Å². The standard InChI is InChI=1S/C12H20N4O4/c1-3-9(10(17)18)14(2)12(20)15-4-5-16-8(7-15)6-13-11(16)19/h8-9H,3-7H2,1-2H3,(H,13,19)(H,17,18). The third-order valence-corrected chi connectivity index (χ3v) is 3.94. The summed E-state index contributed by atoms with van der Waals surface area (Å²) in [6.45, 7) is 3.63. The van der Waals surface area contributed by atoms with E-state index in [4.69, 9.17) is 5.11 Å². The highest BCUT2D eigenvalue weighted by Crippen LogP contribution is 2.16. The highest BCUT2D eigenvalue weighted by Gasteiger charge is 2.38. The maximum atomic E-state index is 12.3. The summed E-state index contributed by atoms with van der Waals surface area (Å²) >= 11 is 0. The minimum absolute atomic E-state index is 0.0153. The average molecular weight is 284 g/mol. The lowest BCUT2D eigenvalue weighted by Gasteiger charge is -2.39. The summed E-state index contributed by atoms with van der Waals surface area (Å²) in [6, 6.07) is -1.21. The lowest BCUT2D eigenvalue weighted by atomic mass is 10.2. The molecule has 0 spiro atoms. The molecule has 0 bridgehead atoms. The van der Waals surface area contributed by atoms with Gasteiger partial charge in [-0.25, -0.2) is 14.4 Å². The van der Waals surface area contributed by atoms with Gasteiger partial charge in [0, 0.05) is 33.2 Å². The molecule has 8 nitrogen and oxygen atoms in total. The van der Waals surface area contributed by atoms with Crippen LogP contribution in [0.1, 0.15) is 13.3 Å². The molecule has 2 saturated heterocycles. The molecule has 2 fully saturated rings. The number of piperazine rings is 1. The first-order valence-electron chi connectivity index (χ1n) is 6.74. The van der Waals surface area contributed by atoms with Crippen molar-refractivity contribution >= 4 is 18.0 Å². The summed E-state index contributed by atoms with van der Waals surface area (Å²) in [7, 11) is 1.51. The number of nitrogens with zero attached hydrogens (tertiary/aromatic N) is 3. The number of carboxylic acid groups (broad SMARTS) is 1. The highest BCUT2D eigenvalue weighted by molar-refractivity contribution is 5.83. The van der Waals surface area contributed by atoms with E-state index < -0.39 is 12.0 Å². The molecule has 0 aliphatic carbocycles. The molecule has 112 valence electrons. The van der Waals surface area contributed by atoms with E-state index in [1.165, 1.54) is 11.9 Å². The molecular weight excluding hydrogens is 264 g/mol. The number of hydrogen-bond acceptors (Lipinski definition) is 3. The summed E-state index contributed by atoms with van der Waals surface area (Å²) in [4.78, 5) is 39.5. The predicted molar refractivity (Wildman–Crippen MR) is 70.3 cm³/mol. The van der Waals surface area contributed by atoms with Crippen molar-refractivity contribution in [3.63, 3.8) is 0 Å². The number of urea groups is 2. The Labute approximate surface area is 117 Å². The number of fused-ring (bicyclic) bond motifs is 1. The zero-order chi connectivity index (χ0) is 14.9. The summed E-state index contributed by atoms with van der Waals surface area (Å²) in [5.74, 6) is -1.00. The largest absolute Gasteiger partial charge is 0.480 e. The normalized spacial score (nSPS) is 23.1. The summed E-state index contributed by atoms with van der Waals surface area (Å²) < 4.78 is 0. The molecule has 8 heteroatoms. The molecular formula is C12H20N4O4. The minimum atomic E-state index is -1.00. The van der Waals surface area contributed by atoms with E-state index in [0.717, 1.165) is 0 Å². The van der Waals surface area contributed by atoms with Crippen LogP contribution in [0.25, 0.3) is 0 Å². The van der Waals surface area contributed by atoms with Crippen LogP contribution in [0.5, 0.6) is 0 Å². The maximum Gasteiger partial charge on any atom is 0.326 e. The van der Waals surface area contributed by atoms with Crippen LogP contribution in [0.4, 0.5) is 9.59 Å². The summed E-state index contributed by atoms with van der Waals surface area (Å²) in [6.07, 6.45) is 0.362. The van der Waals surface area contributed by atoms with Gasteiger partial charge in [0.15, 0.2) is 0 Å². The lowest BCUT2D eigenvalue weighted by Crippen LogP contribution is -2.58. The van der Waals surface area contributed by atoms with E-state index in [1.807, 2.05) is 0 Å². The van der Waals surface area contributed by atoms with E-state index in [9.17, 15) is 14.4 Å². The zero-order valence-electron chi connectivity index (χ0n) is 11.7. The maximum absolute atomic E-state index is 12.3. The topological polar surface area (TPSA) is 93.2 Å². The smallest absolute Gasteiger partial charge is 0.326 e. The number of rotatable bonds is 3. The molecule has 0 aromatic heterocycles. The fraction of sp³-hybridized carbons (Fsp3) is 0.750. The van der Waals surface area contributed by atoms with Crippen LogP contribution in [-0.2, 0) is 4.79 Å². The van der Waals surface area contributed by atoms with E-state index in [2.05, 4.69) is 5.32 Å². The van der Waals surface area contributed by atoms with Gasteiger partial charge in [-0.15, -0.1) is 0 Å². The Hall–Kier alpha value is -1.99. The minimum Gasteiger partial charge on any atom is -0.480 e. The molecule has 0 radical (unpaired) electrons. The van der Waals surface area contributed by atoms with Gasteiger partial charge < -0.3 is 25.1 Å². The molecule has 0 aromatic rings. The van der Waals surface area contributed by atoms with Crippen LogP contribution in [0.15, 0.2) is 0 Å². The molecule has 4 amide bonds. The number of nitrogens with one attached hydrogen (secondary N) is 1. The third kappa shape index (κ3) is 2.50. The number of hydrogen-bond donors (Lipinski definition) is 2. The monoisotopic (exact) mass is 284 g/mol. The van der Waals surface area contributed by atoms with Gasteiger partial charge in [-0.2, -0.15) is 0 Å². The first-order chi connectivity index (χ1) is 9.45. The van der Waals surface area contributed by atoms with Crippen molar-refractivity contribution in [1.82, 2.24) is 20.0 Å². The number of aliphatic carboxylic acids is 1. The number of likely N-dealkylation sites (N-methyl/N-ethyl adjacent to an activating group) is 1. The van der Waals surface area contributed by atoms with Crippen LogP contribution >= 0.6 is 0 Å². The first kappa shape index (κ1) is 14.4. The quantitative estimate of drug-likeness (QED) is 0.738. The van der Waals surface area contributed by atoms with E-state index in [0.29, 0.717) is 32.6 Å². The molecule has 2 heterocycles. The van der Waals surface area contributed by atoms with Crippen LogP contribution in [0.2, 0.25) is 0 Å². The number of carbonyl (C=O) groups excluding carboxylic acids is 2. The van der Waals surface area contributed by atoms with E-state index >= 15 is 0 Å². The Morgan fingerprint density at radius 2 is 2.20 bits per heavy atom. The molecule has 2 rings (SSSR count). The molecule has 2 unspecified atom stereocenters. The Kier molecular flexibility index (Phi) is 4.01. The van der Waals surface area contributed by atoms with Crippen molar-refractivity contribution in [3.05, 3.63) is 0 Å². The molecule has 2 atom stereocenters. The Morgan fingerprint density at radius 1 is 1.50 bits per heavy atom. The Balaban J connectivity index is 2.00. The van der Waals surface area contributed by atoms with Crippen LogP contribution in [0, 0.1) is 0 Å². The first-order valence-corrected chi connectivity index (χ1v) is 6.74. The molecule has 2 aliphatic heterocycles. The molecule has 2 aliphatic rings. The zero-order valence-corrected chi connectivity index (χ0v) is 11.7. The predicted octanol–water partition coefficient (Wildman–Crippen LogP) is -0.389. The van der Waals surface area contributed by atoms with Gasteiger partial charge in [0.05, 0.1) is 6.04 Å². The lowest BCUT2D eigenvalue weighted by molar-refractivity contribution is -0.142. The molecule has 0 saturated carbocycles. The van der Waals surface area contributed by atoms with Crippen molar-refractivity contribution in [3.8, 4) is 0 Å². The fourth-order valence-corrected chi connectivity index (χ4v) is 2.75. The Morgan fingerprint density at radius 3 is 2.80 bits per heavy atom. The van der Waals surface area contributed by atoms with Crippen molar-refractivity contribution in [2.24, 2.45) is 0 Å². The molecule has 2 N–H and O–H groups in total. The summed E-state index contributed by atoms with van der Waals surface area (Å²) in [5.41, 5.74) is 0. The van der Waals surface area contributed by atoms with Crippen molar-refractivity contribution < 1.29 is 19.5 Å². The van der Waals surface area contributed by atoms with Gasteiger partial charge in [0.2, 0.25) is 0 Å². The van der Waals surface area contributed by atoms with Gasteiger partial charge in [-0.1, -0.05) is 6.92 Å². The highest BCUT2D eigenvalue weighted by atomic mass is 16.4. The van der Waals surface area contributed by atoms with Crippen molar-refractivity contribution in [2.45, 2.75) is 25.4 Å². The van der Waals surface area contributed by atoms with Gasteiger partial charge in [0.1, 0.15) is 6.04 Å². The second-order valence-electron chi connectivity index (χ2n) is 5.14. The van der Waals surface area contributed by atoms with Crippen LogP contribution in [-0.4, -0.2) is 83.1 Å². The van der Waals surface area contributed by atoms with Crippen molar-refractivity contribution in [2.75, 3.05) is 33.2 Å². The summed E-state index contributed by atoms with van der Waals surface area (Å²) in [5, 5.41) is 11.8. The molecule has 20 heavy (non-hydrogen) atoms. The number of amides is 4. The average Bonchev–Trinajstić information content (AvgIpc) is 2.79. The Bertz CT molecular complexity index is 428. The van der Waals surface area contributed by atoms with Gasteiger partial charge in [0.25, 0.3) is 0 Å². The van der Waals surface area contributed by atoms with Gasteiger partial charge >= 0.3 is 18.0 Å². The van der Waals surface area contributed by atoms with Crippen LogP contribution < -0.4 is 5.32 Å². The van der Waals surface area contributed by atoms with Crippen molar-refractivity contribution in [1.29, 1.82) is 0 Å². The second-order valence-corrected chi connectivity index (χ2v) is 5.14. The van der Waals surface area contributed by atoms with E-state index in [1.54, 1.807) is 16.7 Å². The number of carbonyl (C=O) groups is 3. The van der Waals surface area contributed by atoms with Gasteiger partial charge in [-0.3, -0.25) is 0 Å². The second kappa shape index (κ2) is 5.56.